The van der Waals surface area contributed by atoms with Gasteiger partial charge in [0.15, 0.2) is 5.82 Å². The molecule has 0 N–H and O–H groups in total. The van der Waals surface area contributed by atoms with Crippen molar-refractivity contribution < 1.29 is 4.74 Å². The fraction of sp³-hybridized carbons (Fsp3) is 0.0222. The first-order valence-electron chi connectivity index (χ1n) is 16.6. The van der Waals surface area contributed by atoms with Crippen molar-refractivity contribution in [3.05, 3.63) is 180 Å². The molecule has 2 aliphatic rings. The molecule has 1 aliphatic carbocycles. The van der Waals surface area contributed by atoms with Gasteiger partial charge >= 0.3 is 0 Å². The number of thiophene rings is 1. The Labute approximate surface area is 286 Å². The van der Waals surface area contributed by atoms with Gasteiger partial charge in [0.05, 0.1) is 21.3 Å². The number of hydrogen-bond acceptors (Lipinski definition) is 4. The van der Waals surface area contributed by atoms with Gasteiger partial charge in [-0.15, -0.1) is 11.3 Å². The van der Waals surface area contributed by atoms with E-state index in [2.05, 4.69) is 158 Å². The second-order valence-electron chi connectivity index (χ2n) is 12.9. The minimum atomic E-state index is -0.502. The normalized spacial score (nSPS) is 15.6. The molecular formula is C45H26N2OS. The zero-order valence-electron chi connectivity index (χ0n) is 26.2. The third-order valence-electron chi connectivity index (χ3n) is 10.4. The number of benzene rings is 7. The maximum atomic E-state index is 6.57. The van der Waals surface area contributed by atoms with Gasteiger partial charge < -0.3 is 4.74 Å². The number of hydrogen-bond donors (Lipinski definition) is 0. The van der Waals surface area contributed by atoms with Crippen molar-refractivity contribution in [3.63, 3.8) is 0 Å². The summed E-state index contributed by atoms with van der Waals surface area (Å²) in [6, 6.07) is 56.2. The highest BCUT2D eigenvalue weighted by atomic mass is 32.1. The summed E-state index contributed by atoms with van der Waals surface area (Å²) in [7, 11) is 0. The quantitative estimate of drug-likeness (QED) is 0.192. The predicted octanol–water partition coefficient (Wildman–Crippen LogP) is 11.8. The predicted molar refractivity (Wildman–Crippen MR) is 201 cm³/mol. The van der Waals surface area contributed by atoms with Crippen LogP contribution in [0.3, 0.4) is 0 Å². The number of rotatable bonds is 3. The van der Waals surface area contributed by atoms with Crippen LogP contribution in [0.1, 0.15) is 22.3 Å². The first-order valence-corrected chi connectivity index (χ1v) is 17.4. The molecule has 49 heavy (non-hydrogen) atoms. The molecule has 0 saturated heterocycles. The van der Waals surface area contributed by atoms with Crippen LogP contribution in [0.15, 0.2) is 158 Å². The zero-order valence-corrected chi connectivity index (χ0v) is 27.0. The van der Waals surface area contributed by atoms with E-state index < -0.39 is 5.41 Å². The van der Waals surface area contributed by atoms with E-state index in [1.54, 1.807) is 11.3 Å². The van der Waals surface area contributed by atoms with E-state index >= 15 is 0 Å². The van der Waals surface area contributed by atoms with Crippen LogP contribution in [0.4, 0.5) is 0 Å². The van der Waals surface area contributed by atoms with E-state index in [1.807, 2.05) is 0 Å². The van der Waals surface area contributed by atoms with Gasteiger partial charge in [-0.1, -0.05) is 140 Å². The first kappa shape index (κ1) is 26.9. The summed E-state index contributed by atoms with van der Waals surface area (Å²) in [5, 5.41) is 3.63. The Balaban J connectivity index is 1.16. The molecule has 0 amide bonds. The minimum Gasteiger partial charge on any atom is -0.457 e. The van der Waals surface area contributed by atoms with Crippen molar-refractivity contribution >= 4 is 42.4 Å². The molecule has 1 aliphatic heterocycles. The summed E-state index contributed by atoms with van der Waals surface area (Å²) in [5.41, 5.74) is 10.9. The van der Waals surface area contributed by atoms with E-state index in [4.69, 9.17) is 14.7 Å². The average molecular weight is 643 g/mol. The standard InChI is InChI=1S/C45H26N2OS/c1-2-12-28(13-3-1)41-43-42(39-31-14-5-4-11-27(31)23-26-38(39)49-43)47-44(46-41)29-21-24-30(25-22-29)45-34-17-7-6-15-32(34)33-16-10-20-37(40(33)45)48-36-19-9-8-18-35(36)45/h1-26H. The topological polar surface area (TPSA) is 35.0 Å². The molecule has 1 atom stereocenters. The molecule has 7 aromatic carbocycles. The molecule has 1 unspecified atom stereocenters. The number of aromatic nitrogens is 2. The average Bonchev–Trinajstić information content (AvgIpc) is 3.71. The molecule has 11 rings (SSSR count). The lowest BCUT2D eigenvalue weighted by molar-refractivity contribution is 0.438. The Hall–Kier alpha value is -6.10. The molecule has 2 aromatic heterocycles. The van der Waals surface area contributed by atoms with Crippen LogP contribution in [0.2, 0.25) is 0 Å². The van der Waals surface area contributed by atoms with E-state index in [0.717, 1.165) is 49.9 Å². The third-order valence-corrected chi connectivity index (χ3v) is 11.5. The maximum absolute atomic E-state index is 6.57. The van der Waals surface area contributed by atoms with Crippen molar-refractivity contribution in [2.24, 2.45) is 0 Å². The third kappa shape index (κ3) is 3.61. The fourth-order valence-electron chi connectivity index (χ4n) is 8.32. The Morgan fingerprint density at radius 1 is 0.531 bits per heavy atom. The second kappa shape index (κ2) is 9.96. The SMILES string of the molecule is c1ccc(-c2nc(-c3ccc(C45c6ccccc6Oc6cccc(c64)-c4ccccc45)cc3)nc3c2sc2ccc4ccccc4c23)cc1. The summed E-state index contributed by atoms with van der Waals surface area (Å²) >= 11 is 1.77. The number of fused-ring (bicyclic) bond motifs is 10. The Kier molecular flexibility index (Phi) is 5.47. The lowest BCUT2D eigenvalue weighted by atomic mass is 9.66. The zero-order chi connectivity index (χ0) is 32.1. The van der Waals surface area contributed by atoms with Crippen LogP contribution in [0.25, 0.3) is 64.8 Å². The summed E-state index contributed by atoms with van der Waals surface area (Å²) in [4.78, 5) is 10.6. The van der Waals surface area contributed by atoms with Crippen LogP contribution in [0.5, 0.6) is 11.5 Å². The monoisotopic (exact) mass is 642 g/mol. The fourth-order valence-corrected chi connectivity index (χ4v) is 9.49. The largest absolute Gasteiger partial charge is 0.457 e. The molecule has 0 bridgehead atoms. The van der Waals surface area contributed by atoms with Crippen LogP contribution >= 0.6 is 11.3 Å². The summed E-state index contributed by atoms with van der Waals surface area (Å²) in [5.74, 6) is 2.53. The lowest BCUT2D eigenvalue weighted by Crippen LogP contribution is -2.31. The van der Waals surface area contributed by atoms with E-state index in [-0.39, 0.29) is 0 Å². The highest BCUT2D eigenvalue weighted by Crippen LogP contribution is 2.63. The van der Waals surface area contributed by atoms with Crippen LogP contribution < -0.4 is 4.74 Å². The molecular weight excluding hydrogens is 617 g/mol. The smallest absolute Gasteiger partial charge is 0.160 e. The molecule has 0 radical (unpaired) electrons. The van der Waals surface area contributed by atoms with Gasteiger partial charge in [0, 0.05) is 32.3 Å². The van der Waals surface area contributed by atoms with Crippen molar-refractivity contribution in [2.45, 2.75) is 5.41 Å². The first-order chi connectivity index (χ1) is 24.3. The van der Waals surface area contributed by atoms with Crippen LogP contribution in [0, 0.1) is 0 Å². The van der Waals surface area contributed by atoms with Gasteiger partial charge in [0.25, 0.3) is 0 Å². The van der Waals surface area contributed by atoms with Gasteiger partial charge in [-0.25, -0.2) is 9.97 Å². The lowest BCUT2D eigenvalue weighted by Gasteiger charge is -2.39. The molecule has 3 heterocycles. The van der Waals surface area contributed by atoms with Gasteiger partial charge in [0.1, 0.15) is 11.5 Å². The second-order valence-corrected chi connectivity index (χ2v) is 13.9. The molecule has 0 spiro atoms. The molecule has 4 heteroatoms. The van der Waals surface area contributed by atoms with Crippen molar-refractivity contribution in [2.75, 3.05) is 0 Å². The van der Waals surface area contributed by atoms with Crippen LogP contribution in [-0.4, -0.2) is 9.97 Å². The summed E-state index contributed by atoms with van der Waals surface area (Å²) in [6.07, 6.45) is 0. The molecule has 0 fully saturated rings. The van der Waals surface area contributed by atoms with Gasteiger partial charge in [-0.2, -0.15) is 0 Å². The summed E-state index contributed by atoms with van der Waals surface area (Å²) in [6.45, 7) is 0. The minimum absolute atomic E-state index is 0.502. The van der Waals surface area contributed by atoms with E-state index in [1.165, 1.54) is 48.7 Å². The highest BCUT2D eigenvalue weighted by molar-refractivity contribution is 7.26. The molecule has 228 valence electrons. The number of para-hydroxylation sites is 1. The maximum Gasteiger partial charge on any atom is 0.160 e. The number of ether oxygens (including phenoxy) is 1. The van der Waals surface area contributed by atoms with Crippen molar-refractivity contribution in [1.82, 2.24) is 9.97 Å². The van der Waals surface area contributed by atoms with Gasteiger partial charge in [-0.3, -0.25) is 0 Å². The Morgan fingerprint density at radius 3 is 2.16 bits per heavy atom. The van der Waals surface area contributed by atoms with E-state index in [9.17, 15) is 0 Å². The van der Waals surface area contributed by atoms with Crippen LogP contribution in [-0.2, 0) is 5.41 Å². The van der Waals surface area contributed by atoms with Gasteiger partial charge in [-0.05, 0) is 51.2 Å². The van der Waals surface area contributed by atoms with E-state index in [0.29, 0.717) is 0 Å². The summed E-state index contributed by atoms with van der Waals surface area (Å²) < 4.78 is 8.91. The van der Waals surface area contributed by atoms with Crippen molar-refractivity contribution in [1.29, 1.82) is 0 Å². The van der Waals surface area contributed by atoms with Gasteiger partial charge in [0.2, 0.25) is 0 Å². The molecule has 3 nitrogen and oxygen atoms in total. The Morgan fingerprint density at radius 2 is 1.27 bits per heavy atom. The molecule has 9 aromatic rings. The highest BCUT2D eigenvalue weighted by Gasteiger charge is 2.51. The Bertz CT molecular complexity index is 2800. The molecule has 0 saturated carbocycles. The number of nitrogens with zero attached hydrogens (tertiary/aromatic N) is 2. The van der Waals surface area contributed by atoms with Crippen molar-refractivity contribution in [3.8, 4) is 45.3 Å².